The normalized spacial score (nSPS) is 14.4. The Hall–Kier alpha value is -7.54. The predicted molar refractivity (Wildman–Crippen MR) is 280 cm³/mol. The number of benzene rings is 9. The van der Waals surface area contributed by atoms with Gasteiger partial charge in [0.25, 0.3) is 6.71 Å². The molecule has 3 aromatic heterocycles. The molecule has 4 nitrogen and oxygen atoms in total. The van der Waals surface area contributed by atoms with E-state index in [9.17, 15) is 0 Å². The summed E-state index contributed by atoms with van der Waals surface area (Å²) in [5.74, 6) is 3.36. The molecule has 0 bridgehead atoms. The molecule has 0 N–H and O–H groups in total. The van der Waals surface area contributed by atoms with Crippen molar-refractivity contribution in [1.82, 2.24) is 4.57 Å². The van der Waals surface area contributed by atoms with Gasteiger partial charge in [0.1, 0.15) is 28.5 Å². The number of ether oxygens (including phenoxy) is 2. The van der Waals surface area contributed by atoms with Crippen molar-refractivity contribution >= 4 is 98.4 Å². The van der Waals surface area contributed by atoms with E-state index in [2.05, 4.69) is 203 Å². The molecule has 15 rings (SSSR count). The molecule has 0 amide bonds. The van der Waals surface area contributed by atoms with Gasteiger partial charge in [-0.15, -0.1) is 11.3 Å². The quantitative estimate of drug-likeness (QED) is 0.162. The predicted octanol–water partition coefficient (Wildman–Crippen LogP) is 15.0. The molecular weight excluding hydrogens is 838 g/mol. The maximum absolute atomic E-state index is 7.61. The van der Waals surface area contributed by atoms with Crippen LogP contribution in [0.1, 0.15) is 51.3 Å². The van der Waals surface area contributed by atoms with E-state index in [0.29, 0.717) is 0 Å². The van der Waals surface area contributed by atoms with E-state index in [1.54, 1.807) is 0 Å². The Labute approximate surface area is 391 Å². The molecule has 6 heteroatoms. The summed E-state index contributed by atoms with van der Waals surface area (Å²) in [6.45, 7) is 11.4. The molecule has 318 valence electrons. The van der Waals surface area contributed by atoms with E-state index in [1.165, 1.54) is 58.8 Å². The molecule has 2 aliphatic heterocycles. The molecular formula is C61H42BNO3S. The summed E-state index contributed by atoms with van der Waals surface area (Å²) >= 11 is 1.84. The van der Waals surface area contributed by atoms with E-state index in [0.717, 1.165) is 89.1 Å². The van der Waals surface area contributed by atoms with Gasteiger partial charge < -0.3 is 18.5 Å². The highest BCUT2D eigenvalue weighted by molar-refractivity contribution is 7.33. The fourth-order valence-corrected chi connectivity index (χ4v) is 13.2. The number of thiophene rings is 1. The van der Waals surface area contributed by atoms with Crippen LogP contribution in [0.5, 0.6) is 23.0 Å². The third kappa shape index (κ3) is 4.98. The van der Waals surface area contributed by atoms with E-state index in [4.69, 9.17) is 13.9 Å². The molecule has 0 saturated heterocycles. The summed E-state index contributed by atoms with van der Waals surface area (Å²) in [5.41, 5.74) is 15.5. The molecule has 0 saturated carbocycles. The first kappa shape index (κ1) is 37.7. The smallest absolute Gasteiger partial charge is 0.273 e. The van der Waals surface area contributed by atoms with Crippen LogP contribution >= 0.6 is 11.3 Å². The van der Waals surface area contributed by atoms with Gasteiger partial charge in [0.15, 0.2) is 11.3 Å². The third-order valence-electron chi connectivity index (χ3n) is 15.2. The van der Waals surface area contributed by atoms with Crippen LogP contribution in [0.15, 0.2) is 168 Å². The Morgan fingerprint density at radius 3 is 2.18 bits per heavy atom. The first-order chi connectivity index (χ1) is 32.6. The van der Waals surface area contributed by atoms with E-state index < -0.39 is 0 Å². The van der Waals surface area contributed by atoms with Crippen LogP contribution in [0, 0.1) is 0 Å². The Morgan fingerprint density at radius 1 is 0.582 bits per heavy atom. The van der Waals surface area contributed by atoms with Gasteiger partial charge >= 0.3 is 0 Å². The first-order valence-electron chi connectivity index (χ1n) is 23.3. The molecule has 0 atom stereocenters. The Bertz CT molecular complexity index is 4200. The summed E-state index contributed by atoms with van der Waals surface area (Å²) in [6.07, 6.45) is 0. The lowest BCUT2D eigenvalue weighted by atomic mass is 9.37. The summed E-state index contributed by atoms with van der Waals surface area (Å²) in [7, 11) is 0. The van der Waals surface area contributed by atoms with Crippen molar-refractivity contribution in [3.8, 4) is 50.9 Å². The van der Waals surface area contributed by atoms with Gasteiger partial charge in [0.05, 0.1) is 11.0 Å². The van der Waals surface area contributed by atoms with Gasteiger partial charge in [-0.1, -0.05) is 150 Å². The van der Waals surface area contributed by atoms with Crippen LogP contribution in [0.25, 0.3) is 92.5 Å². The zero-order valence-electron chi connectivity index (χ0n) is 37.7. The minimum atomic E-state index is -0.166. The van der Waals surface area contributed by atoms with Gasteiger partial charge in [-0.2, -0.15) is 0 Å². The number of nitrogens with zero attached hydrogens (tertiary/aromatic N) is 1. The van der Waals surface area contributed by atoms with Crippen molar-refractivity contribution in [1.29, 1.82) is 0 Å². The van der Waals surface area contributed by atoms with Crippen molar-refractivity contribution in [3.63, 3.8) is 0 Å². The number of rotatable bonds is 2. The zero-order chi connectivity index (χ0) is 44.7. The number of hydrogen-bond acceptors (Lipinski definition) is 4. The van der Waals surface area contributed by atoms with E-state index in [1.807, 2.05) is 11.3 Å². The third-order valence-corrected chi connectivity index (χ3v) is 16.5. The van der Waals surface area contributed by atoms with Crippen LogP contribution in [0.3, 0.4) is 0 Å². The number of para-hydroxylation sites is 2. The molecule has 3 aliphatic rings. The number of fused-ring (bicyclic) bond motifs is 17. The van der Waals surface area contributed by atoms with Gasteiger partial charge in [-0.05, 0) is 109 Å². The second kappa shape index (κ2) is 12.9. The van der Waals surface area contributed by atoms with Crippen molar-refractivity contribution in [2.45, 2.75) is 45.4 Å². The van der Waals surface area contributed by atoms with Gasteiger partial charge in [-0.3, -0.25) is 0 Å². The van der Waals surface area contributed by atoms with Gasteiger partial charge in [0.2, 0.25) is 0 Å². The second-order valence-corrected chi connectivity index (χ2v) is 21.4. The van der Waals surface area contributed by atoms with Gasteiger partial charge in [0, 0.05) is 47.3 Å². The highest BCUT2D eigenvalue weighted by Gasteiger charge is 2.45. The number of furan rings is 1. The Morgan fingerprint density at radius 2 is 1.33 bits per heavy atom. The second-order valence-electron chi connectivity index (χ2n) is 20.4. The average Bonchev–Trinajstić information content (AvgIpc) is 4.06. The lowest BCUT2D eigenvalue weighted by Gasteiger charge is -2.33. The standard InChI is InChI=1S/C61H42BNO3S/c1-60(2,3)37-24-27-51-42(31-37)57-59(67-51)62-45-32-41-38-16-10-13-21-48(38)64-56(41)55(58(45)66-50-30-36(29-49(65-57)54(50)62)35-23-22-33-14-6-7-15-34(33)28-35)63-46-20-12-9-18-40(46)53-47(63)26-25-44-52(53)39-17-8-11-19-43(39)61(44,4)5/h6-32H,1-5H3. The molecule has 1 aliphatic carbocycles. The number of aromatic nitrogens is 1. The van der Waals surface area contributed by atoms with Crippen LogP contribution in [0.4, 0.5) is 0 Å². The molecule has 0 spiro atoms. The van der Waals surface area contributed by atoms with Crippen LogP contribution in [-0.2, 0) is 10.8 Å². The van der Waals surface area contributed by atoms with Crippen molar-refractivity contribution < 1.29 is 13.9 Å². The highest BCUT2D eigenvalue weighted by atomic mass is 32.1. The maximum Gasteiger partial charge on any atom is 0.273 e. The summed E-state index contributed by atoms with van der Waals surface area (Å²) in [5, 5.41) is 8.14. The average molecular weight is 880 g/mol. The van der Waals surface area contributed by atoms with Crippen molar-refractivity contribution in [3.05, 3.63) is 180 Å². The molecule has 5 heterocycles. The molecule has 12 aromatic rings. The topological polar surface area (TPSA) is 36.5 Å². The number of hydrogen-bond donors (Lipinski definition) is 0. The fourth-order valence-electron chi connectivity index (χ4n) is 12.0. The maximum atomic E-state index is 7.61. The summed E-state index contributed by atoms with van der Waals surface area (Å²) < 4.78 is 26.8. The van der Waals surface area contributed by atoms with Crippen LogP contribution in [-0.4, -0.2) is 11.3 Å². The van der Waals surface area contributed by atoms with Gasteiger partial charge in [-0.25, -0.2) is 0 Å². The summed E-state index contributed by atoms with van der Waals surface area (Å²) in [4.78, 5) is 0. The molecule has 0 unspecified atom stereocenters. The lowest BCUT2D eigenvalue weighted by Crippen LogP contribution is -2.56. The van der Waals surface area contributed by atoms with Crippen LogP contribution in [0.2, 0.25) is 0 Å². The monoisotopic (exact) mass is 879 g/mol. The molecule has 0 radical (unpaired) electrons. The fraction of sp³-hybridized carbons (Fsp3) is 0.115. The molecule has 67 heavy (non-hydrogen) atoms. The highest BCUT2D eigenvalue weighted by Crippen LogP contribution is 2.55. The molecule has 9 aromatic carbocycles. The molecule has 0 fully saturated rings. The minimum absolute atomic E-state index is 0.0274. The van der Waals surface area contributed by atoms with Crippen LogP contribution < -0.4 is 25.2 Å². The van der Waals surface area contributed by atoms with Crippen molar-refractivity contribution in [2.75, 3.05) is 0 Å². The van der Waals surface area contributed by atoms with E-state index >= 15 is 0 Å². The lowest BCUT2D eigenvalue weighted by molar-refractivity contribution is 0.467. The SMILES string of the molecule is CC(C)(C)c1ccc2sc3c(c2c1)Oc1cc(-c2ccc4ccccc4c2)cc2c1B3c1cc3c(oc4ccccc43)c(-n3c4ccccc4c4c5c(ccc43)C(C)(C)c3ccccc3-5)c1O2. The summed E-state index contributed by atoms with van der Waals surface area (Å²) in [6, 6.07) is 60.1. The largest absolute Gasteiger partial charge is 0.457 e. The Balaban J connectivity index is 1.08. The van der Waals surface area contributed by atoms with Crippen molar-refractivity contribution in [2.24, 2.45) is 0 Å². The zero-order valence-corrected chi connectivity index (χ0v) is 38.6. The minimum Gasteiger partial charge on any atom is -0.457 e. The van der Waals surface area contributed by atoms with E-state index in [-0.39, 0.29) is 17.5 Å². The first-order valence-corrected chi connectivity index (χ1v) is 24.2. The Kier molecular flexibility index (Phi) is 7.24.